The van der Waals surface area contributed by atoms with Gasteiger partial charge in [0.2, 0.25) is 17.8 Å². The zero-order chi connectivity index (χ0) is 14.5. The molecule has 0 aliphatic carbocycles. The van der Waals surface area contributed by atoms with Gasteiger partial charge in [0.25, 0.3) is 0 Å². The second-order valence-corrected chi connectivity index (χ2v) is 4.75. The van der Waals surface area contributed by atoms with Gasteiger partial charge in [0.15, 0.2) is 0 Å². The molecule has 0 amide bonds. The van der Waals surface area contributed by atoms with Crippen molar-refractivity contribution in [1.29, 1.82) is 0 Å². The number of anilines is 2. The topological polar surface area (TPSA) is 116 Å². The maximum absolute atomic E-state index is 5.58. The Hall–Kier alpha value is -2.26. The maximum atomic E-state index is 5.58. The van der Waals surface area contributed by atoms with E-state index in [1.807, 2.05) is 0 Å². The fraction of sp³-hybridized carbons (Fsp3) is 0.500. The SMILES string of the molecule is NNc1nc(NCCC2CCCO2)nc(-n2ccnc2)n1. The van der Waals surface area contributed by atoms with Crippen molar-refractivity contribution in [2.24, 2.45) is 5.84 Å². The summed E-state index contributed by atoms with van der Waals surface area (Å²) in [6.07, 6.45) is 8.55. The summed E-state index contributed by atoms with van der Waals surface area (Å²) in [5.41, 5.74) is 2.44. The number of rotatable bonds is 6. The van der Waals surface area contributed by atoms with Crippen LogP contribution in [0.3, 0.4) is 0 Å². The van der Waals surface area contributed by atoms with Crippen LogP contribution in [0.1, 0.15) is 19.3 Å². The Balaban J connectivity index is 1.67. The molecule has 2 aromatic rings. The number of nitrogen functional groups attached to an aromatic ring is 1. The first kappa shape index (κ1) is 13.7. The third-order valence-electron chi connectivity index (χ3n) is 3.26. The number of hydrazine groups is 1. The highest BCUT2D eigenvalue weighted by molar-refractivity contribution is 5.37. The van der Waals surface area contributed by atoms with Gasteiger partial charge in [0.05, 0.1) is 6.10 Å². The fourth-order valence-electron chi connectivity index (χ4n) is 2.22. The molecule has 1 atom stereocenters. The lowest BCUT2D eigenvalue weighted by Crippen LogP contribution is -2.17. The quantitative estimate of drug-likeness (QED) is 0.514. The van der Waals surface area contributed by atoms with Gasteiger partial charge in [0, 0.05) is 25.5 Å². The van der Waals surface area contributed by atoms with Gasteiger partial charge >= 0.3 is 0 Å². The van der Waals surface area contributed by atoms with Crippen LogP contribution in [0.2, 0.25) is 0 Å². The summed E-state index contributed by atoms with van der Waals surface area (Å²) >= 11 is 0. The zero-order valence-electron chi connectivity index (χ0n) is 11.6. The highest BCUT2D eigenvalue weighted by Gasteiger charge is 2.15. The van der Waals surface area contributed by atoms with Crippen LogP contribution in [0.4, 0.5) is 11.9 Å². The molecule has 1 aliphatic rings. The third kappa shape index (κ3) is 3.44. The first-order valence-corrected chi connectivity index (χ1v) is 6.91. The lowest BCUT2D eigenvalue weighted by atomic mass is 10.2. The number of hydrogen-bond donors (Lipinski definition) is 3. The van der Waals surface area contributed by atoms with E-state index in [4.69, 9.17) is 10.6 Å². The van der Waals surface area contributed by atoms with Gasteiger partial charge in [-0.05, 0) is 19.3 Å². The molecule has 0 saturated carbocycles. The number of nitrogens with one attached hydrogen (secondary N) is 2. The lowest BCUT2D eigenvalue weighted by molar-refractivity contribution is 0.107. The molecule has 1 saturated heterocycles. The minimum absolute atomic E-state index is 0.299. The number of nitrogens with zero attached hydrogens (tertiary/aromatic N) is 5. The van der Waals surface area contributed by atoms with E-state index in [2.05, 4.69) is 30.7 Å². The number of ether oxygens (including phenoxy) is 1. The minimum Gasteiger partial charge on any atom is -0.378 e. The van der Waals surface area contributed by atoms with Gasteiger partial charge in [-0.1, -0.05) is 0 Å². The van der Waals surface area contributed by atoms with Crippen LogP contribution in [0.25, 0.3) is 5.95 Å². The van der Waals surface area contributed by atoms with Crippen molar-refractivity contribution in [3.8, 4) is 5.95 Å². The van der Waals surface area contributed by atoms with Crippen molar-refractivity contribution in [2.75, 3.05) is 23.9 Å². The summed E-state index contributed by atoms with van der Waals surface area (Å²) in [6.45, 7) is 1.60. The van der Waals surface area contributed by atoms with Crippen molar-refractivity contribution >= 4 is 11.9 Å². The Morgan fingerprint density at radius 1 is 1.33 bits per heavy atom. The first-order chi connectivity index (χ1) is 10.3. The van der Waals surface area contributed by atoms with Crippen LogP contribution in [-0.4, -0.2) is 43.8 Å². The molecule has 9 heteroatoms. The summed E-state index contributed by atoms with van der Waals surface area (Å²) < 4.78 is 7.27. The van der Waals surface area contributed by atoms with E-state index in [1.165, 1.54) is 0 Å². The van der Waals surface area contributed by atoms with Gasteiger partial charge in [-0.3, -0.25) is 9.99 Å². The summed E-state index contributed by atoms with van der Waals surface area (Å²) in [4.78, 5) is 16.7. The predicted octanol–water partition coefficient (Wildman–Crippen LogP) is 0.324. The van der Waals surface area contributed by atoms with E-state index < -0.39 is 0 Å². The molecule has 2 aromatic heterocycles. The number of hydrogen-bond acceptors (Lipinski definition) is 8. The minimum atomic E-state index is 0.299. The maximum Gasteiger partial charge on any atom is 0.243 e. The smallest absolute Gasteiger partial charge is 0.243 e. The molecular weight excluding hydrogens is 272 g/mol. The predicted molar refractivity (Wildman–Crippen MR) is 76.8 cm³/mol. The molecule has 0 radical (unpaired) electrons. The van der Waals surface area contributed by atoms with Crippen LogP contribution >= 0.6 is 0 Å². The normalized spacial score (nSPS) is 17.9. The molecule has 1 unspecified atom stereocenters. The van der Waals surface area contributed by atoms with Crippen LogP contribution in [-0.2, 0) is 4.74 Å². The van der Waals surface area contributed by atoms with E-state index in [0.29, 0.717) is 23.9 Å². The van der Waals surface area contributed by atoms with E-state index in [-0.39, 0.29) is 0 Å². The molecule has 1 fully saturated rings. The average molecular weight is 290 g/mol. The van der Waals surface area contributed by atoms with Crippen molar-refractivity contribution in [3.63, 3.8) is 0 Å². The van der Waals surface area contributed by atoms with E-state index in [9.17, 15) is 0 Å². The molecule has 0 aromatic carbocycles. The van der Waals surface area contributed by atoms with Crippen LogP contribution in [0, 0.1) is 0 Å². The molecule has 3 heterocycles. The summed E-state index contributed by atoms with van der Waals surface area (Å²) in [6, 6.07) is 0. The molecule has 9 nitrogen and oxygen atoms in total. The Labute approximate surface area is 121 Å². The molecule has 1 aliphatic heterocycles. The summed E-state index contributed by atoms with van der Waals surface area (Å²) in [5, 5.41) is 3.18. The van der Waals surface area contributed by atoms with E-state index >= 15 is 0 Å². The average Bonchev–Trinajstić information content (AvgIpc) is 3.20. The largest absolute Gasteiger partial charge is 0.378 e. The molecule has 0 bridgehead atoms. The van der Waals surface area contributed by atoms with Crippen LogP contribution in [0.15, 0.2) is 18.7 Å². The third-order valence-corrected chi connectivity index (χ3v) is 3.26. The summed E-state index contributed by atoms with van der Waals surface area (Å²) in [5.74, 6) is 6.62. The van der Waals surface area contributed by atoms with Crippen molar-refractivity contribution in [1.82, 2.24) is 24.5 Å². The molecule has 4 N–H and O–H groups in total. The monoisotopic (exact) mass is 290 g/mol. The van der Waals surface area contributed by atoms with Gasteiger partial charge in [-0.25, -0.2) is 10.8 Å². The Morgan fingerprint density at radius 2 is 2.24 bits per heavy atom. The Bertz CT molecular complexity index is 567. The van der Waals surface area contributed by atoms with Gasteiger partial charge < -0.3 is 10.1 Å². The number of aromatic nitrogens is 5. The highest BCUT2D eigenvalue weighted by Crippen LogP contribution is 2.15. The number of imidazole rings is 1. The fourth-order valence-corrected chi connectivity index (χ4v) is 2.22. The Morgan fingerprint density at radius 3 is 2.95 bits per heavy atom. The summed E-state index contributed by atoms with van der Waals surface area (Å²) in [7, 11) is 0. The molecule has 21 heavy (non-hydrogen) atoms. The van der Waals surface area contributed by atoms with Crippen molar-refractivity contribution < 1.29 is 4.74 Å². The standard InChI is InChI=1S/C12H18N8O/c13-19-11-16-10(15-4-3-9-2-1-7-21-9)17-12(18-11)20-6-5-14-8-20/h5-6,8-9H,1-4,7,13H2,(H2,15,16,17,18,19). The number of nitrogens with two attached hydrogens (primary N) is 1. The van der Waals surface area contributed by atoms with E-state index in [1.54, 1.807) is 23.3 Å². The van der Waals surface area contributed by atoms with Gasteiger partial charge in [-0.15, -0.1) is 0 Å². The molecule has 3 rings (SSSR count). The van der Waals surface area contributed by atoms with Gasteiger partial charge in [-0.2, -0.15) is 15.0 Å². The van der Waals surface area contributed by atoms with Crippen LogP contribution < -0.4 is 16.6 Å². The van der Waals surface area contributed by atoms with Crippen molar-refractivity contribution in [2.45, 2.75) is 25.4 Å². The Kier molecular flexibility index (Phi) is 4.22. The molecular formula is C12H18N8O. The highest BCUT2D eigenvalue weighted by atomic mass is 16.5. The van der Waals surface area contributed by atoms with Crippen LogP contribution in [0.5, 0.6) is 0 Å². The van der Waals surface area contributed by atoms with E-state index in [0.717, 1.165) is 32.4 Å². The zero-order valence-corrected chi connectivity index (χ0v) is 11.6. The second kappa shape index (κ2) is 6.46. The molecule has 0 spiro atoms. The van der Waals surface area contributed by atoms with Crippen molar-refractivity contribution in [3.05, 3.63) is 18.7 Å². The van der Waals surface area contributed by atoms with Gasteiger partial charge in [0.1, 0.15) is 6.33 Å². The molecule has 112 valence electrons. The second-order valence-electron chi connectivity index (χ2n) is 4.75. The lowest BCUT2D eigenvalue weighted by Gasteiger charge is -2.11. The first-order valence-electron chi connectivity index (χ1n) is 6.91.